The van der Waals surface area contributed by atoms with Crippen molar-refractivity contribution < 1.29 is 0 Å². The fourth-order valence-corrected chi connectivity index (χ4v) is 2.07. The van der Waals surface area contributed by atoms with Crippen molar-refractivity contribution in [2.75, 3.05) is 40.3 Å². The van der Waals surface area contributed by atoms with Crippen LogP contribution in [-0.4, -0.2) is 76.3 Å². The van der Waals surface area contributed by atoms with E-state index in [1.807, 2.05) is 0 Å². The van der Waals surface area contributed by atoms with Crippen LogP contribution in [0, 0.1) is 0 Å². The molecule has 1 atom stereocenters. The lowest BCUT2D eigenvalue weighted by molar-refractivity contribution is 0.113. The van der Waals surface area contributed by atoms with Crippen molar-refractivity contribution in [3.8, 4) is 0 Å². The van der Waals surface area contributed by atoms with Crippen LogP contribution < -0.4 is 5.32 Å². The van der Waals surface area contributed by atoms with Crippen molar-refractivity contribution in [3.05, 3.63) is 5.82 Å². The lowest BCUT2D eigenvalue weighted by Crippen LogP contribution is -2.53. The van der Waals surface area contributed by atoms with Crippen LogP contribution in [0.3, 0.4) is 0 Å². The monoisotopic (exact) mass is 239 g/mol. The van der Waals surface area contributed by atoms with E-state index in [0.29, 0.717) is 12.6 Å². The van der Waals surface area contributed by atoms with E-state index >= 15 is 0 Å². The fourth-order valence-electron chi connectivity index (χ4n) is 2.07. The predicted octanol–water partition coefficient (Wildman–Crippen LogP) is -1.45. The highest BCUT2D eigenvalue weighted by molar-refractivity contribution is 4.82. The van der Waals surface area contributed by atoms with E-state index in [0.717, 1.165) is 32.0 Å². The molecule has 1 aromatic rings. The van der Waals surface area contributed by atoms with Gasteiger partial charge in [-0.05, 0) is 19.3 Å². The number of likely N-dealkylation sites (N-methyl/N-ethyl adjacent to an activating group) is 2. The molecule has 2 rings (SSSR count). The molecule has 1 aromatic heterocycles. The van der Waals surface area contributed by atoms with E-state index in [1.54, 1.807) is 7.05 Å². The fraction of sp³-hybridized carbons (Fsp3) is 0.900. The summed E-state index contributed by atoms with van der Waals surface area (Å²) in [5.74, 6) is 0.749. The molecular weight excluding hydrogens is 218 g/mol. The van der Waals surface area contributed by atoms with Crippen molar-refractivity contribution in [3.63, 3.8) is 0 Å². The van der Waals surface area contributed by atoms with Crippen LogP contribution in [-0.2, 0) is 13.6 Å². The van der Waals surface area contributed by atoms with Crippen molar-refractivity contribution in [1.82, 2.24) is 35.3 Å². The summed E-state index contributed by atoms with van der Waals surface area (Å²) in [5.41, 5.74) is 0. The molecule has 1 aliphatic rings. The van der Waals surface area contributed by atoms with Crippen LogP contribution in [0.2, 0.25) is 0 Å². The maximum Gasteiger partial charge on any atom is 0.188 e. The van der Waals surface area contributed by atoms with Crippen LogP contribution in [0.1, 0.15) is 5.82 Å². The van der Waals surface area contributed by atoms with E-state index in [2.05, 4.69) is 44.6 Å². The van der Waals surface area contributed by atoms with Crippen molar-refractivity contribution in [1.29, 1.82) is 0 Å². The number of nitrogens with one attached hydrogen (secondary N) is 1. The lowest BCUT2D eigenvalue weighted by atomic mass is 10.2. The molecule has 0 aliphatic carbocycles. The Balaban J connectivity index is 1.74. The summed E-state index contributed by atoms with van der Waals surface area (Å²) >= 11 is 0. The standard InChI is InChI=1S/C10H21N7/c1-15-4-5-16(2)9(8-15)6-11-7-10-12-14-17(3)13-10/h9,11H,4-8H2,1-3H3. The van der Waals surface area contributed by atoms with E-state index in [1.165, 1.54) is 4.80 Å². The molecule has 0 aromatic carbocycles. The zero-order chi connectivity index (χ0) is 12.3. The van der Waals surface area contributed by atoms with Crippen LogP contribution in [0.5, 0.6) is 0 Å². The molecule has 7 nitrogen and oxygen atoms in total. The van der Waals surface area contributed by atoms with Gasteiger partial charge in [-0.3, -0.25) is 4.90 Å². The van der Waals surface area contributed by atoms with Gasteiger partial charge in [0, 0.05) is 32.2 Å². The quantitative estimate of drug-likeness (QED) is 0.693. The van der Waals surface area contributed by atoms with E-state index < -0.39 is 0 Å². The molecule has 0 radical (unpaired) electrons. The van der Waals surface area contributed by atoms with Crippen molar-refractivity contribution in [2.24, 2.45) is 7.05 Å². The zero-order valence-electron chi connectivity index (χ0n) is 10.8. The first kappa shape index (κ1) is 12.4. The Morgan fingerprint density at radius 2 is 2.12 bits per heavy atom. The number of hydrogen-bond acceptors (Lipinski definition) is 6. The van der Waals surface area contributed by atoms with E-state index in [-0.39, 0.29) is 0 Å². The Morgan fingerprint density at radius 1 is 1.29 bits per heavy atom. The second-order valence-electron chi connectivity index (χ2n) is 4.72. The Bertz CT molecular complexity index is 350. The molecule has 1 aliphatic heterocycles. The highest BCUT2D eigenvalue weighted by Gasteiger charge is 2.21. The number of hydrogen-bond donors (Lipinski definition) is 1. The van der Waals surface area contributed by atoms with Crippen LogP contribution in [0.4, 0.5) is 0 Å². The third-order valence-corrected chi connectivity index (χ3v) is 3.19. The minimum atomic E-state index is 0.561. The summed E-state index contributed by atoms with van der Waals surface area (Å²) in [6.45, 7) is 5.03. The van der Waals surface area contributed by atoms with Gasteiger partial charge in [0.1, 0.15) is 0 Å². The third kappa shape index (κ3) is 3.45. The number of nitrogens with zero attached hydrogens (tertiary/aromatic N) is 6. The molecule has 2 heterocycles. The van der Waals surface area contributed by atoms with E-state index in [9.17, 15) is 0 Å². The number of piperazine rings is 1. The summed E-state index contributed by atoms with van der Waals surface area (Å²) < 4.78 is 0. The molecule has 0 spiro atoms. The average Bonchev–Trinajstić information content (AvgIpc) is 2.69. The van der Waals surface area contributed by atoms with Gasteiger partial charge in [-0.15, -0.1) is 10.2 Å². The summed E-state index contributed by atoms with van der Waals surface area (Å²) in [4.78, 5) is 6.25. The summed E-state index contributed by atoms with van der Waals surface area (Å²) in [6.07, 6.45) is 0. The first-order valence-electron chi connectivity index (χ1n) is 5.97. The van der Waals surface area contributed by atoms with Gasteiger partial charge in [-0.2, -0.15) is 4.80 Å². The largest absolute Gasteiger partial charge is 0.308 e. The number of aryl methyl sites for hydroxylation is 1. The Kier molecular flexibility index (Phi) is 4.03. The van der Waals surface area contributed by atoms with Gasteiger partial charge in [-0.1, -0.05) is 0 Å². The number of tetrazole rings is 1. The highest BCUT2D eigenvalue weighted by atomic mass is 15.6. The van der Waals surface area contributed by atoms with Crippen LogP contribution in [0.15, 0.2) is 0 Å². The minimum Gasteiger partial charge on any atom is -0.308 e. The molecule has 17 heavy (non-hydrogen) atoms. The summed E-state index contributed by atoms with van der Waals surface area (Å²) in [7, 11) is 6.13. The summed E-state index contributed by atoms with van der Waals surface area (Å²) in [5, 5.41) is 15.3. The van der Waals surface area contributed by atoms with Crippen LogP contribution >= 0.6 is 0 Å². The lowest BCUT2D eigenvalue weighted by Gasteiger charge is -2.37. The molecule has 7 heteroatoms. The van der Waals surface area contributed by atoms with Gasteiger partial charge >= 0.3 is 0 Å². The molecule has 1 saturated heterocycles. The SMILES string of the molecule is CN1CCN(C)C(CNCc2nnn(C)n2)C1. The molecule has 96 valence electrons. The van der Waals surface area contributed by atoms with Gasteiger partial charge in [-0.25, -0.2) is 0 Å². The van der Waals surface area contributed by atoms with Gasteiger partial charge in [0.05, 0.1) is 13.6 Å². The first-order chi connectivity index (χ1) is 8.15. The topological polar surface area (TPSA) is 62.1 Å². The zero-order valence-corrected chi connectivity index (χ0v) is 10.8. The molecule has 1 N–H and O–H groups in total. The molecule has 0 bridgehead atoms. The second kappa shape index (κ2) is 5.52. The molecule has 0 saturated carbocycles. The van der Waals surface area contributed by atoms with Gasteiger partial charge in [0.25, 0.3) is 0 Å². The normalized spacial score (nSPS) is 23.1. The Labute approximate surface area is 102 Å². The second-order valence-corrected chi connectivity index (χ2v) is 4.72. The summed E-state index contributed by atoms with van der Waals surface area (Å²) in [6, 6.07) is 0.561. The highest BCUT2D eigenvalue weighted by Crippen LogP contribution is 2.04. The van der Waals surface area contributed by atoms with E-state index in [4.69, 9.17) is 0 Å². The molecule has 1 unspecified atom stereocenters. The van der Waals surface area contributed by atoms with Gasteiger partial charge in [0.2, 0.25) is 0 Å². The average molecular weight is 239 g/mol. The first-order valence-corrected chi connectivity index (χ1v) is 5.97. The number of rotatable bonds is 4. The predicted molar refractivity (Wildman–Crippen MR) is 64.4 cm³/mol. The number of aromatic nitrogens is 4. The van der Waals surface area contributed by atoms with Crippen molar-refractivity contribution >= 4 is 0 Å². The smallest absolute Gasteiger partial charge is 0.188 e. The molecular formula is C10H21N7. The maximum atomic E-state index is 4.14. The molecule has 0 amide bonds. The van der Waals surface area contributed by atoms with Gasteiger partial charge < -0.3 is 10.2 Å². The maximum absolute atomic E-state index is 4.14. The minimum absolute atomic E-state index is 0.561. The molecule has 1 fully saturated rings. The van der Waals surface area contributed by atoms with Gasteiger partial charge in [0.15, 0.2) is 5.82 Å². The Morgan fingerprint density at radius 3 is 2.82 bits per heavy atom. The van der Waals surface area contributed by atoms with Crippen molar-refractivity contribution in [2.45, 2.75) is 12.6 Å². The third-order valence-electron chi connectivity index (χ3n) is 3.19. The van der Waals surface area contributed by atoms with Crippen LogP contribution in [0.25, 0.3) is 0 Å². The Hall–Kier alpha value is -1.05.